The molecule has 1 aliphatic heterocycles. The second-order valence-electron chi connectivity index (χ2n) is 6.98. The Balaban J connectivity index is 1.36. The van der Waals surface area contributed by atoms with E-state index in [-0.39, 0.29) is 24.1 Å². The van der Waals surface area contributed by atoms with Crippen molar-refractivity contribution in [1.82, 2.24) is 4.98 Å². The monoisotopic (exact) mass is 400 g/mol. The Labute approximate surface area is 173 Å². The van der Waals surface area contributed by atoms with Crippen LogP contribution in [0, 0.1) is 5.92 Å². The maximum Gasteiger partial charge on any atom is 0.256 e. The molecule has 0 spiro atoms. The number of carbonyl (C=O) groups excluding carboxylic acids is 3. The molecule has 2 heterocycles. The number of anilines is 3. The number of para-hydroxylation sites is 1. The van der Waals surface area contributed by atoms with Gasteiger partial charge in [0.15, 0.2) is 0 Å². The number of aromatic nitrogens is 1. The van der Waals surface area contributed by atoms with Crippen molar-refractivity contribution in [1.29, 1.82) is 0 Å². The van der Waals surface area contributed by atoms with E-state index in [4.69, 9.17) is 0 Å². The second kappa shape index (κ2) is 8.57. The summed E-state index contributed by atoms with van der Waals surface area (Å²) in [7, 11) is 0. The molecule has 7 heteroatoms. The van der Waals surface area contributed by atoms with Crippen LogP contribution in [0.5, 0.6) is 0 Å². The molecule has 4 rings (SSSR count). The van der Waals surface area contributed by atoms with E-state index in [1.54, 1.807) is 53.6 Å². The zero-order valence-corrected chi connectivity index (χ0v) is 16.1. The normalized spacial score (nSPS) is 15.7. The molecule has 1 aliphatic rings. The van der Waals surface area contributed by atoms with Crippen LogP contribution in [0.1, 0.15) is 16.8 Å². The fourth-order valence-electron chi connectivity index (χ4n) is 3.32. The van der Waals surface area contributed by atoms with Gasteiger partial charge in [-0.3, -0.25) is 14.4 Å². The van der Waals surface area contributed by atoms with Gasteiger partial charge in [-0.15, -0.1) is 0 Å². The van der Waals surface area contributed by atoms with Crippen LogP contribution in [-0.4, -0.2) is 29.3 Å². The fraction of sp³-hybridized carbons (Fsp3) is 0.130. The maximum absolute atomic E-state index is 12.6. The minimum Gasteiger partial charge on any atom is -0.326 e. The Morgan fingerprint density at radius 1 is 0.900 bits per heavy atom. The average molecular weight is 400 g/mol. The molecular weight excluding hydrogens is 380 g/mol. The highest BCUT2D eigenvalue weighted by atomic mass is 16.2. The van der Waals surface area contributed by atoms with Gasteiger partial charge < -0.3 is 15.5 Å². The van der Waals surface area contributed by atoms with Crippen molar-refractivity contribution in [2.45, 2.75) is 6.42 Å². The highest BCUT2D eigenvalue weighted by molar-refractivity contribution is 6.05. The average Bonchev–Trinajstić information content (AvgIpc) is 3.17. The van der Waals surface area contributed by atoms with Crippen LogP contribution in [0.3, 0.4) is 0 Å². The summed E-state index contributed by atoms with van der Waals surface area (Å²) in [5.41, 5.74) is 1.81. The van der Waals surface area contributed by atoms with E-state index in [9.17, 15) is 14.4 Å². The molecule has 1 atom stereocenters. The van der Waals surface area contributed by atoms with Gasteiger partial charge in [0, 0.05) is 36.1 Å². The molecule has 3 amide bonds. The number of benzene rings is 2. The van der Waals surface area contributed by atoms with Gasteiger partial charge in [-0.1, -0.05) is 24.3 Å². The summed E-state index contributed by atoms with van der Waals surface area (Å²) >= 11 is 0. The molecule has 0 saturated carbocycles. The Kier molecular flexibility index (Phi) is 5.52. The number of amides is 3. The molecule has 30 heavy (non-hydrogen) atoms. The van der Waals surface area contributed by atoms with Crippen LogP contribution in [0.25, 0.3) is 0 Å². The van der Waals surface area contributed by atoms with Crippen molar-refractivity contribution < 1.29 is 14.4 Å². The summed E-state index contributed by atoms with van der Waals surface area (Å²) in [5.74, 6) is -0.527. The predicted molar refractivity (Wildman–Crippen MR) is 114 cm³/mol. The number of nitrogens with one attached hydrogen (secondary N) is 2. The lowest BCUT2D eigenvalue weighted by molar-refractivity contribution is -0.122. The van der Waals surface area contributed by atoms with Crippen molar-refractivity contribution in [3.63, 3.8) is 0 Å². The summed E-state index contributed by atoms with van der Waals surface area (Å²) < 4.78 is 0. The van der Waals surface area contributed by atoms with Crippen molar-refractivity contribution in [2.75, 3.05) is 22.1 Å². The van der Waals surface area contributed by atoms with Gasteiger partial charge >= 0.3 is 0 Å². The van der Waals surface area contributed by atoms with E-state index in [0.717, 1.165) is 5.69 Å². The minimum absolute atomic E-state index is 0.0668. The first kappa shape index (κ1) is 19.3. The molecule has 1 saturated heterocycles. The number of nitrogens with zero attached hydrogens (tertiary/aromatic N) is 2. The van der Waals surface area contributed by atoms with Gasteiger partial charge in [-0.05, 0) is 48.5 Å². The Bertz CT molecular complexity index is 1050. The predicted octanol–water partition coefficient (Wildman–Crippen LogP) is 3.33. The largest absolute Gasteiger partial charge is 0.326 e. The first-order chi connectivity index (χ1) is 14.6. The number of hydrogen-bond donors (Lipinski definition) is 2. The highest BCUT2D eigenvalue weighted by Crippen LogP contribution is 2.26. The molecule has 1 aromatic heterocycles. The smallest absolute Gasteiger partial charge is 0.256 e. The van der Waals surface area contributed by atoms with E-state index in [1.807, 2.05) is 30.3 Å². The molecule has 0 aliphatic carbocycles. The molecule has 150 valence electrons. The number of hydrogen-bond acceptors (Lipinski definition) is 4. The van der Waals surface area contributed by atoms with E-state index in [2.05, 4.69) is 15.6 Å². The zero-order valence-electron chi connectivity index (χ0n) is 16.1. The molecule has 1 unspecified atom stereocenters. The van der Waals surface area contributed by atoms with Gasteiger partial charge in [0.25, 0.3) is 5.91 Å². The van der Waals surface area contributed by atoms with Crippen molar-refractivity contribution >= 4 is 34.9 Å². The highest BCUT2D eigenvalue weighted by Gasteiger charge is 2.35. The van der Waals surface area contributed by atoms with Gasteiger partial charge in [0.1, 0.15) is 5.82 Å². The van der Waals surface area contributed by atoms with Crippen molar-refractivity contribution in [3.8, 4) is 0 Å². The van der Waals surface area contributed by atoms with E-state index < -0.39 is 5.92 Å². The molecule has 2 aromatic carbocycles. The summed E-state index contributed by atoms with van der Waals surface area (Å²) in [6, 6.07) is 21.2. The van der Waals surface area contributed by atoms with Crippen LogP contribution >= 0.6 is 0 Å². The number of pyridine rings is 1. The summed E-state index contributed by atoms with van der Waals surface area (Å²) in [6.45, 7) is 0.346. The van der Waals surface area contributed by atoms with Crippen LogP contribution in [-0.2, 0) is 9.59 Å². The summed E-state index contributed by atoms with van der Waals surface area (Å²) in [5, 5.41) is 5.54. The first-order valence-electron chi connectivity index (χ1n) is 9.59. The van der Waals surface area contributed by atoms with Gasteiger partial charge in [0.05, 0.1) is 5.92 Å². The molecule has 0 bridgehead atoms. The molecule has 2 N–H and O–H groups in total. The maximum atomic E-state index is 12.6. The Morgan fingerprint density at radius 3 is 2.33 bits per heavy atom. The van der Waals surface area contributed by atoms with Crippen LogP contribution < -0.4 is 15.5 Å². The number of rotatable bonds is 5. The number of carbonyl (C=O) groups is 3. The molecular formula is C23H20N4O3. The Morgan fingerprint density at radius 2 is 1.63 bits per heavy atom. The molecule has 0 radical (unpaired) electrons. The van der Waals surface area contributed by atoms with Crippen LogP contribution in [0.4, 0.5) is 17.2 Å². The standard InChI is InChI=1S/C23H20N4O3/c28-21-14-17(15-27(21)19-6-2-1-3-7-19)23(30)25-18-11-9-16(10-12-18)22(29)26-20-8-4-5-13-24-20/h1-13,17H,14-15H2,(H,25,30)(H,24,26,29). The Hall–Kier alpha value is -4.00. The molecule has 1 fully saturated rings. The van der Waals surface area contributed by atoms with Crippen LogP contribution in [0.15, 0.2) is 79.0 Å². The topological polar surface area (TPSA) is 91.4 Å². The van der Waals surface area contributed by atoms with Crippen LogP contribution in [0.2, 0.25) is 0 Å². The lowest BCUT2D eigenvalue weighted by Crippen LogP contribution is -2.28. The van der Waals surface area contributed by atoms with E-state index >= 15 is 0 Å². The van der Waals surface area contributed by atoms with Crippen molar-refractivity contribution in [3.05, 3.63) is 84.6 Å². The first-order valence-corrected chi connectivity index (χ1v) is 9.59. The summed E-state index contributed by atoms with van der Waals surface area (Å²) in [4.78, 5) is 42.9. The van der Waals surface area contributed by atoms with Crippen molar-refractivity contribution in [2.24, 2.45) is 5.92 Å². The molecule has 7 nitrogen and oxygen atoms in total. The minimum atomic E-state index is -0.426. The fourth-order valence-corrected chi connectivity index (χ4v) is 3.32. The third kappa shape index (κ3) is 4.35. The zero-order chi connectivity index (χ0) is 20.9. The quantitative estimate of drug-likeness (QED) is 0.687. The molecule has 3 aromatic rings. The second-order valence-corrected chi connectivity index (χ2v) is 6.98. The summed E-state index contributed by atoms with van der Waals surface area (Å²) in [6.07, 6.45) is 1.77. The van der Waals surface area contributed by atoms with Gasteiger partial charge in [0.2, 0.25) is 11.8 Å². The third-order valence-corrected chi connectivity index (χ3v) is 4.88. The van der Waals surface area contributed by atoms with Gasteiger partial charge in [-0.2, -0.15) is 0 Å². The van der Waals surface area contributed by atoms with E-state index in [1.165, 1.54) is 0 Å². The SMILES string of the molecule is O=C(Nc1ccccn1)c1ccc(NC(=O)C2CC(=O)N(c3ccccc3)C2)cc1. The van der Waals surface area contributed by atoms with E-state index in [0.29, 0.717) is 23.6 Å². The lowest BCUT2D eigenvalue weighted by atomic mass is 10.1. The van der Waals surface area contributed by atoms with Gasteiger partial charge in [-0.25, -0.2) is 4.98 Å². The lowest BCUT2D eigenvalue weighted by Gasteiger charge is -2.16. The third-order valence-electron chi connectivity index (χ3n) is 4.88.